The zero-order valence-electron chi connectivity index (χ0n) is 16.9. The largest absolute Gasteiger partial charge is 0.489 e. The lowest BCUT2D eigenvalue weighted by Crippen LogP contribution is -2.26. The van der Waals surface area contributed by atoms with Crippen LogP contribution in [0, 0.1) is 5.82 Å². The number of ether oxygens (including phenoxy) is 1. The summed E-state index contributed by atoms with van der Waals surface area (Å²) >= 11 is 0. The molecule has 1 aliphatic rings. The summed E-state index contributed by atoms with van der Waals surface area (Å²) in [4.78, 5) is 17.2. The van der Waals surface area contributed by atoms with Gasteiger partial charge >= 0.3 is 6.18 Å². The molecular weight excluding hydrogens is 400 g/mol. The van der Waals surface area contributed by atoms with E-state index in [1.165, 1.54) is 6.07 Å². The van der Waals surface area contributed by atoms with Gasteiger partial charge in [0, 0.05) is 25.3 Å². The summed E-state index contributed by atoms with van der Waals surface area (Å²) in [5, 5.41) is 0. The first kappa shape index (κ1) is 22.1. The van der Waals surface area contributed by atoms with Crippen LogP contribution in [-0.2, 0) is 11.0 Å². The predicted molar refractivity (Wildman–Crippen MR) is 105 cm³/mol. The summed E-state index contributed by atoms with van der Waals surface area (Å²) in [6.07, 6.45) is -3.10. The molecule has 0 aliphatic carbocycles. The Morgan fingerprint density at radius 3 is 2.57 bits per heavy atom. The van der Waals surface area contributed by atoms with Gasteiger partial charge in [0.05, 0.1) is 6.54 Å². The van der Waals surface area contributed by atoms with Gasteiger partial charge in [-0.25, -0.2) is 9.37 Å². The van der Waals surface area contributed by atoms with Crippen LogP contribution in [0.15, 0.2) is 36.4 Å². The highest BCUT2D eigenvalue weighted by Gasteiger charge is 2.37. The number of carbonyl (C=O) groups is 1. The lowest BCUT2D eigenvalue weighted by Gasteiger charge is -2.19. The Morgan fingerprint density at radius 1 is 1.23 bits per heavy atom. The molecule has 4 nitrogen and oxygen atoms in total. The number of ketones is 1. The Balaban J connectivity index is 1.62. The molecule has 1 aromatic heterocycles. The van der Waals surface area contributed by atoms with Crippen LogP contribution in [-0.4, -0.2) is 30.0 Å². The smallest absolute Gasteiger partial charge is 0.436 e. The molecule has 3 rings (SSSR count). The highest BCUT2D eigenvalue weighted by molar-refractivity contribution is 5.85. The topological polar surface area (TPSA) is 42.4 Å². The van der Waals surface area contributed by atoms with Gasteiger partial charge in [-0.1, -0.05) is 26.0 Å². The van der Waals surface area contributed by atoms with Gasteiger partial charge in [-0.05, 0) is 36.2 Å². The standard InChI is InChI=1S/C22H24F4N2O2/c1-3-4-19(29)14(2)15-5-7-16(8-6-15)30-17-11-12-28(13-17)20-10-9-18(23)21(27-20)22(24,25)26/h5-10,14,17H,3-4,11-13H2,1-2H3/t14?,17-/m1/s1. The molecule has 0 amide bonds. The number of nitrogens with zero attached hydrogens (tertiary/aromatic N) is 2. The van der Waals surface area contributed by atoms with Crippen molar-refractivity contribution in [3.8, 4) is 5.75 Å². The molecule has 0 spiro atoms. The quantitative estimate of drug-likeness (QED) is 0.561. The van der Waals surface area contributed by atoms with E-state index in [2.05, 4.69) is 4.98 Å². The Labute approximate surface area is 172 Å². The third-order valence-corrected chi connectivity index (χ3v) is 5.23. The van der Waals surface area contributed by atoms with Crippen molar-refractivity contribution >= 4 is 11.6 Å². The van der Waals surface area contributed by atoms with Gasteiger partial charge in [0.25, 0.3) is 0 Å². The maximum absolute atomic E-state index is 13.5. The summed E-state index contributed by atoms with van der Waals surface area (Å²) < 4.78 is 58.1. The summed E-state index contributed by atoms with van der Waals surface area (Å²) in [5.41, 5.74) is -0.587. The maximum Gasteiger partial charge on any atom is 0.436 e. The van der Waals surface area contributed by atoms with E-state index >= 15 is 0 Å². The normalized spacial score (nSPS) is 17.8. The number of carbonyl (C=O) groups excluding carboxylic acids is 1. The fourth-order valence-corrected chi connectivity index (χ4v) is 3.52. The summed E-state index contributed by atoms with van der Waals surface area (Å²) in [6.45, 7) is 4.66. The van der Waals surface area contributed by atoms with E-state index in [1.54, 1.807) is 17.0 Å². The van der Waals surface area contributed by atoms with E-state index in [0.717, 1.165) is 18.1 Å². The minimum absolute atomic E-state index is 0.0773. The maximum atomic E-state index is 13.5. The lowest BCUT2D eigenvalue weighted by atomic mass is 9.94. The molecule has 162 valence electrons. The molecule has 0 bridgehead atoms. The van der Waals surface area contributed by atoms with Crippen LogP contribution >= 0.6 is 0 Å². The zero-order chi connectivity index (χ0) is 21.9. The zero-order valence-corrected chi connectivity index (χ0v) is 16.9. The molecule has 0 saturated carbocycles. The van der Waals surface area contributed by atoms with Crippen LogP contribution in [0.4, 0.5) is 23.4 Å². The molecule has 1 fully saturated rings. The number of hydrogen-bond acceptors (Lipinski definition) is 4. The third kappa shape index (κ3) is 5.09. The second-order valence-corrected chi connectivity index (χ2v) is 7.48. The van der Waals surface area contributed by atoms with Gasteiger partial charge in [0.15, 0.2) is 11.5 Å². The molecule has 0 radical (unpaired) electrons. The number of aromatic nitrogens is 1. The van der Waals surface area contributed by atoms with Crippen LogP contribution in [0.1, 0.15) is 50.3 Å². The molecule has 30 heavy (non-hydrogen) atoms. The van der Waals surface area contributed by atoms with E-state index < -0.39 is 17.7 Å². The van der Waals surface area contributed by atoms with Crippen molar-refractivity contribution in [2.45, 2.75) is 51.3 Å². The molecular formula is C22H24F4N2O2. The Bertz CT molecular complexity index is 884. The van der Waals surface area contributed by atoms with Crippen LogP contribution in [0.2, 0.25) is 0 Å². The summed E-state index contributed by atoms with van der Waals surface area (Å²) in [5.74, 6) is -0.654. The Morgan fingerprint density at radius 2 is 1.93 bits per heavy atom. The second-order valence-electron chi connectivity index (χ2n) is 7.48. The number of rotatable bonds is 7. The molecule has 8 heteroatoms. The number of benzene rings is 1. The van der Waals surface area contributed by atoms with Gasteiger partial charge in [-0.2, -0.15) is 13.2 Å². The predicted octanol–water partition coefficient (Wildman–Crippen LogP) is 5.37. The third-order valence-electron chi connectivity index (χ3n) is 5.23. The number of anilines is 1. The summed E-state index contributed by atoms with van der Waals surface area (Å²) in [6, 6.07) is 9.35. The Hall–Kier alpha value is -2.64. The fourth-order valence-electron chi connectivity index (χ4n) is 3.52. The van der Waals surface area contributed by atoms with Gasteiger partial charge in [-0.15, -0.1) is 0 Å². The average Bonchev–Trinajstić information content (AvgIpc) is 3.16. The van der Waals surface area contributed by atoms with Crippen LogP contribution in [0.3, 0.4) is 0 Å². The molecule has 1 saturated heterocycles. The van der Waals surface area contributed by atoms with E-state index in [1.807, 2.05) is 26.0 Å². The number of Topliss-reactive ketones (excluding diaryl/α,β-unsaturated/α-hetero) is 1. The molecule has 1 unspecified atom stereocenters. The molecule has 2 aromatic rings. The Kier molecular flexibility index (Phi) is 6.63. The second kappa shape index (κ2) is 9.02. The highest BCUT2D eigenvalue weighted by atomic mass is 19.4. The van der Waals surface area contributed by atoms with E-state index in [9.17, 15) is 22.4 Å². The van der Waals surface area contributed by atoms with E-state index in [4.69, 9.17) is 4.74 Å². The number of hydrogen-bond donors (Lipinski definition) is 0. The first-order valence-electron chi connectivity index (χ1n) is 9.97. The SMILES string of the molecule is CCCC(=O)C(C)c1ccc(O[C@@H]2CCN(c3ccc(F)c(C(F)(F)F)n3)C2)cc1. The fraction of sp³-hybridized carbons (Fsp3) is 0.455. The minimum atomic E-state index is -4.84. The van der Waals surface area contributed by atoms with Gasteiger partial charge in [-0.3, -0.25) is 4.79 Å². The first-order chi connectivity index (χ1) is 14.2. The van der Waals surface area contributed by atoms with Crippen LogP contribution < -0.4 is 9.64 Å². The monoisotopic (exact) mass is 424 g/mol. The first-order valence-corrected chi connectivity index (χ1v) is 9.97. The van der Waals surface area contributed by atoms with Crippen molar-refractivity contribution in [2.24, 2.45) is 0 Å². The number of pyridine rings is 1. The summed E-state index contributed by atoms with van der Waals surface area (Å²) in [7, 11) is 0. The van der Waals surface area contributed by atoms with Crippen molar-refractivity contribution in [2.75, 3.05) is 18.0 Å². The molecule has 0 N–H and O–H groups in total. The van der Waals surface area contributed by atoms with Crippen molar-refractivity contribution < 1.29 is 27.1 Å². The minimum Gasteiger partial charge on any atom is -0.489 e. The number of alkyl halides is 3. The van der Waals surface area contributed by atoms with E-state index in [0.29, 0.717) is 31.7 Å². The average molecular weight is 424 g/mol. The number of halogens is 4. The van der Waals surface area contributed by atoms with Gasteiger partial charge in [0.2, 0.25) is 0 Å². The van der Waals surface area contributed by atoms with Crippen LogP contribution in [0.5, 0.6) is 5.75 Å². The van der Waals surface area contributed by atoms with Gasteiger partial charge in [0.1, 0.15) is 23.5 Å². The highest BCUT2D eigenvalue weighted by Crippen LogP contribution is 2.32. The van der Waals surface area contributed by atoms with Gasteiger partial charge < -0.3 is 9.64 Å². The van der Waals surface area contributed by atoms with Crippen molar-refractivity contribution in [1.29, 1.82) is 0 Å². The molecule has 2 atom stereocenters. The van der Waals surface area contributed by atoms with E-state index in [-0.39, 0.29) is 23.6 Å². The molecule has 1 aromatic carbocycles. The van der Waals surface area contributed by atoms with Crippen LogP contribution in [0.25, 0.3) is 0 Å². The van der Waals surface area contributed by atoms with Crippen molar-refractivity contribution in [3.63, 3.8) is 0 Å². The molecule has 1 aliphatic heterocycles. The molecule has 2 heterocycles. The lowest BCUT2D eigenvalue weighted by molar-refractivity contribution is -0.143. The van der Waals surface area contributed by atoms with Crippen molar-refractivity contribution in [3.05, 3.63) is 53.5 Å². The van der Waals surface area contributed by atoms with Crippen molar-refractivity contribution in [1.82, 2.24) is 4.98 Å².